The smallest absolute Gasteiger partial charge is 0.306 e. The lowest BCUT2D eigenvalue weighted by Crippen LogP contribution is -2.30. The summed E-state index contributed by atoms with van der Waals surface area (Å²) in [5.74, 6) is -0.839. The maximum absolute atomic E-state index is 12.9. The number of unbranched alkanes of at least 4 members (excludes halogenated alkanes) is 56. The zero-order valence-electron chi connectivity index (χ0n) is 56.5. The van der Waals surface area contributed by atoms with E-state index in [1.165, 1.54) is 334 Å². The van der Waals surface area contributed by atoms with Crippen molar-refractivity contribution in [1.29, 1.82) is 0 Å². The molecular weight excluding hydrogens is 1020 g/mol. The van der Waals surface area contributed by atoms with Crippen molar-refractivity contribution in [2.75, 3.05) is 13.2 Å². The molecule has 0 saturated heterocycles. The Bertz CT molecular complexity index is 1340. The largest absolute Gasteiger partial charge is 0.462 e. The molecule has 0 aliphatic carbocycles. The number of carbonyl (C=O) groups excluding carboxylic acids is 3. The van der Waals surface area contributed by atoms with Crippen molar-refractivity contribution in [2.24, 2.45) is 0 Å². The molecule has 1 unspecified atom stereocenters. The van der Waals surface area contributed by atoms with Gasteiger partial charge in [0.05, 0.1) is 0 Å². The van der Waals surface area contributed by atoms with Crippen LogP contribution in [0.3, 0.4) is 0 Å². The molecule has 6 nitrogen and oxygen atoms in total. The third-order valence-electron chi connectivity index (χ3n) is 17.4. The van der Waals surface area contributed by atoms with E-state index in [1.807, 2.05) is 0 Å². The quantitative estimate of drug-likeness (QED) is 0.0261. The van der Waals surface area contributed by atoms with Crippen LogP contribution >= 0.6 is 0 Å². The van der Waals surface area contributed by atoms with Crippen LogP contribution in [0.2, 0.25) is 0 Å². The lowest BCUT2D eigenvalue weighted by molar-refractivity contribution is -0.167. The summed E-state index contributed by atoms with van der Waals surface area (Å²) in [5.41, 5.74) is 0. The average Bonchev–Trinajstić information content (AvgIpc) is 3.49. The second-order valence-electron chi connectivity index (χ2n) is 25.9. The lowest BCUT2D eigenvalue weighted by atomic mass is 10.0. The van der Waals surface area contributed by atoms with E-state index in [0.717, 1.165) is 57.8 Å². The van der Waals surface area contributed by atoms with Gasteiger partial charge in [0, 0.05) is 19.3 Å². The summed E-state index contributed by atoms with van der Waals surface area (Å²) in [4.78, 5) is 38.2. The number of hydrogen-bond acceptors (Lipinski definition) is 6. The van der Waals surface area contributed by atoms with E-state index in [-0.39, 0.29) is 31.1 Å². The molecule has 0 aromatic heterocycles. The van der Waals surface area contributed by atoms with Gasteiger partial charge in [-0.1, -0.05) is 366 Å². The minimum Gasteiger partial charge on any atom is -0.462 e. The van der Waals surface area contributed by atoms with Crippen LogP contribution < -0.4 is 0 Å². The highest BCUT2D eigenvalue weighted by Gasteiger charge is 2.20. The maximum atomic E-state index is 12.9. The van der Waals surface area contributed by atoms with Crippen LogP contribution in [0.15, 0.2) is 24.3 Å². The van der Waals surface area contributed by atoms with Crippen molar-refractivity contribution >= 4 is 17.9 Å². The van der Waals surface area contributed by atoms with E-state index in [9.17, 15) is 14.4 Å². The standard InChI is InChI=1S/C77H146O6/c1-4-7-10-13-16-18-20-22-24-26-28-30-32-34-36-38-40-42-44-46-48-50-52-54-56-58-61-64-67-70-76(79)82-73-74(72-81-75(78)69-66-63-60-15-12-9-6-3)83-77(80)71-68-65-62-59-57-55-53-51-49-47-45-43-41-39-37-35-33-31-29-27-25-23-21-19-17-14-11-8-5-2/h26-29,74H,4-25,30-73H2,1-3H3/b28-26-,29-27-. The van der Waals surface area contributed by atoms with Crippen LogP contribution in [-0.2, 0) is 28.6 Å². The molecule has 1 atom stereocenters. The van der Waals surface area contributed by atoms with Gasteiger partial charge in [0.1, 0.15) is 13.2 Å². The monoisotopic (exact) mass is 1170 g/mol. The molecule has 0 amide bonds. The third-order valence-corrected chi connectivity index (χ3v) is 17.4. The van der Waals surface area contributed by atoms with Crippen LogP contribution in [-0.4, -0.2) is 37.2 Å². The first kappa shape index (κ1) is 80.9. The molecule has 0 saturated carbocycles. The predicted octanol–water partition coefficient (Wildman–Crippen LogP) is 26.1. The fourth-order valence-electron chi connectivity index (χ4n) is 11.7. The van der Waals surface area contributed by atoms with E-state index in [2.05, 4.69) is 45.1 Å². The molecule has 0 rings (SSSR count). The van der Waals surface area contributed by atoms with Crippen LogP contribution in [0.25, 0.3) is 0 Å². The maximum Gasteiger partial charge on any atom is 0.306 e. The minimum atomic E-state index is -0.766. The van der Waals surface area contributed by atoms with E-state index in [0.29, 0.717) is 19.3 Å². The molecule has 490 valence electrons. The van der Waals surface area contributed by atoms with Gasteiger partial charge in [-0.3, -0.25) is 14.4 Å². The Morgan fingerprint density at radius 3 is 0.602 bits per heavy atom. The Kier molecular flexibility index (Phi) is 70.5. The number of ether oxygens (including phenoxy) is 3. The van der Waals surface area contributed by atoms with Crippen LogP contribution in [0.4, 0.5) is 0 Å². The van der Waals surface area contributed by atoms with Crippen LogP contribution in [0, 0.1) is 0 Å². The number of rotatable bonds is 71. The van der Waals surface area contributed by atoms with Crippen molar-refractivity contribution < 1.29 is 28.6 Å². The van der Waals surface area contributed by atoms with Gasteiger partial charge in [0.2, 0.25) is 0 Å². The summed E-state index contributed by atoms with van der Waals surface area (Å²) in [6.07, 6.45) is 89.8. The van der Waals surface area contributed by atoms with Gasteiger partial charge < -0.3 is 14.2 Å². The van der Waals surface area contributed by atoms with E-state index in [1.54, 1.807) is 0 Å². The SMILES string of the molecule is CCCCCCCCCC/C=C\CCCCCCCCCCCCCCCCCCCC(=O)OCC(COC(=O)CCCCCCCCC)OC(=O)CCCCCCCCCCCCCCCCCCC/C=C\CCCCCCCCCC. The molecule has 0 bridgehead atoms. The number of hydrogen-bond donors (Lipinski definition) is 0. The Balaban J connectivity index is 3.97. The molecule has 0 N–H and O–H groups in total. The second kappa shape index (κ2) is 72.4. The van der Waals surface area contributed by atoms with Gasteiger partial charge in [-0.05, 0) is 70.6 Å². The molecule has 0 aliphatic heterocycles. The first-order chi connectivity index (χ1) is 41.0. The van der Waals surface area contributed by atoms with Crippen molar-refractivity contribution in [3.05, 3.63) is 24.3 Å². The summed E-state index contributed by atoms with van der Waals surface area (Å²) in [6.45, 7) is 6.68. The molecule has 0 heterocycles. The fraction of sp³-hybridized carbons (Fsp3) is 0.909. The highest BCUT2D eigenvalue weighted by Crippen LogP contribution is 2.19. The van der Waals surface area contributed by atoms with E-state index >= 15 is 0 Å². The molecule has 0 radical (unpaired) electrons. The normalized spacial score (nSPS) is 12.1. The highest BCUT2D eigenvalue weighted by molar-refractivity contribution is 5.71. The lowest BCUT2D eigenvalue weighted by Gasteiger charge is -2.18. The average molecular weight is 1170 g/mol. The Morgan fingerprint density at radius 2 is 0.398 bits per heavy atom. The van der Waals surface area contributed by atoms with Crippen LogP contribution in [0.1, 0.15) is 432 Å². The molecule has 0 fully saturated rings. The van der Waals surface area contributed by atoms with Gasteiger partial charge >= 0.3 is 17.9 Å². The second-order valence-corrected chi connectivity index (χ2v) is 25.9. The van der Waals surface area contributed by atoms with Gasteiger partial charge in [-0.15, -0.1) is 0 Å². The predicted molar refractivity (Wildman–Crippen MR) is 363 cm³/mol. The Hall–Kier alpha value is -2.11. The molecular formula is C77H146O6. The number of allylic oxidation sites excluding steroid dienone is 4. The first-order valence-corrected chi connectivity index (χ1v) is 37.8. The van der Waals surface area contributed by atoms with Gasteiger partial charge in [-0.25, -0.2) is 0 Å². The first-order valence-electron chi connectivity index (χ1n) is 37.8. The molecule has 0 aromatic carbocycles. The molecule has 83 heavy (non-hydrogen) atoms. The number of carbonyl (C=O) groups is 3. The van der Waals surface area contributed by atoms with E-state index < -0.39 is 6.10 Å². The minimum absolute atomic E-state index is 0.0646. The molecule has 0 spiro atoms. The van der Waals surface area contributed by atoms with Crippen molar-refractivity contribution in [3.8, 4) is 0 Å². The zero-order chi connectivity index (χ0) is 59.9. The summed E-state index contributed by atoms with van der Waals surface area (Å²) in [5, 5.41) is 0. The summed E-state index contributed by atoms with van der Waals surface area (Å²) in [7, 11) is 0. The molecule has 6 heteroatoms. The van der Waals surface area contributed by atoms with Crippen molar-refractivity contribution in [2.45, 2.75) is 438 Å². The van der Waals surface area contributed by atoms with E-state index in [4.69, 9.17) is 14.2 Å². The summed E-state index contributed by atoms with van der Waals surface area (Å²) >= 11 is 0. The summed E-state index contributed by atoms with van der Waals surface area (Å²) in [6, 6.07) is 0. The molecule has 0 aromatic rings. The number of esters is 3. The van der Waals surface area contributed by atoms with Gasteiger partial charge in [0.15, 0.2) is 6.10 Å². The third kappa shape index (κ3) is 70.5. The topological polar surface area (TPSA) is 78.9 Å². The van der Waals surface area contributed by atoms with Crippen molar-refractivity contribution in [3.63, 3.8) is 0 Å². The summed E-state index contributed by atoms with van der Waals surface area (Å²) < 4.78 is 16.9. The molecule has 0 aliphatic rings. The van der Waals surface area contributed by atoms with Crippen molar-refractivity contribution in [1.82, 2.24) is 0 Å². The van der Waals surface area contributed by atoms with Crippen LogP contribution in [0.5, 0.6) is 0 Å². The highest BCUT2D eigenvalue weighted by atomic mass is 16.6. The fourth-order valence-corrected chi connectivity index (χ4v) is 11.7. The Labute approximate surface area is 519 Å². The van der Waals surface area contributed by atoms with Gasteiger partial charge in [0.25, 0.3) is 0 Å². The zero-order valence-corrected chi connectivity index (χ0v) is 56.5. The Morgan fingerprint density at radius 1 is 0.229 bits per heavy atom. The van der Waals surface area contributed by atoms with Gasteiger partial charge in [-0.2, -0.15) is 0 Å².